The third kappa shape index (κ3) is 3.77. The van der Waals surface area contributed by atoms with Crippen LogP contribution in [0.4, 0.5) is 5.95 Å². The van der Waals surface area contributed by atoms with Crippen LogP contribution >= 0.6 is 0 Å². The fraction of sp³-hybridized carbons (Fsp3) is 0.737. The third-order valence-corrected chi connectivity index (χ3v) is 5.98. The monoisotopic (exact) mass is 362 g/mol. The molecular formula is C19H30N4O3. The molecule has 0 amide bonds. The second-order valence-corrected chi connectivity index (χ2v) is 7.42. The predicted octanol–water partition coefficient (Wildman–Crippen LogP) is 2.02. The number of fused-ring (bicyclic) bond motifs is 1. The molecule has 1 aromatic rings. The van der Waals surface area contributed by atoms with Crippen LogP contribution in [0.25, 0.3) is 0 Å². The second-order valence-electron chi connectivity index (χ2n) is 7.42. The van der Waals surface area contributed by atoms with E-state index in [1.54, 1.807) is 0 Å². The Morgan fingerprint density at radius 3 is 2.73 bits per heavy atom. The van der Waals surface area contributed by atoms with Gasteiger partial charge in [0.2, 0.25) is 11.8 Å². The van der Waals surface area contributed by atoms with Crippen molar-refractivity contribution in [3.05, 3.63) is 11.3 Å². The summed E-state index contributed by atoms with van der Waals surface area (Å²) in [7, 11) is 3.48. The Kier molecular flexibility index (Phi) is 5.96. The average Bonchev–Trinajstić information content (AvgIpc) is 2.68. The van der Waals surface area contributed by atoms with E-state index in [2.05, 4.69) is 22.1 Å². The molecule has 7 heteroatoms. The lowest BCUT2D eigenvalue weighted by atomic mass is 9.77. The van der Waals surface area contributed by atoms with Crippen LogP contribution in [-0.4, -0.2) is 47.8 Å². The smallest absolute Gasteiger partial charge is 0.308 e. The van der Waals surface area contributed by atoms with Crippen molar-refractivity contribution in [2.24, 2.45) is 11.8 Å². The molecule has 0 aromatic carbocycles. The van der Waals surface area contributed by atoms with Crippen molar-refractivity contribution in [3.8, 4) is 5.88 Å². The fourth-order valence-corrected chi connectivity index (χ4v) is 4.45. The molecule has 1 saturated carbocycles. The Hall–Kier alpha value is -1.89. The highest BCUT2D eigenvalue weighted by atomic mass is 16.5. The van der Waals surface area contributed by atoms with E-state index in [1.807, 2.05) is 7.05 Å². The van der Waals surface area contributed by atoms with Crippen molar-refractivity contribution in [2.45, 2.75) is 58.0 Å². The van der Waals surface area contributed by atoms with Crippen LogP contribution in [0, 0.1) is 11.8 Å². The van der Waals surface area contributed by atoms with Gasteiger partial charge in [0.1, 0.15) is 0 Å². The maximum Gasteiger partial charge on any atom is 0.308 e. The summed E-state index contributed by atoms with van der Waals surface area (Å²) in [6, 6.07) is 0.299. The Morgan fingerprint density at radius 2 is 2.08 bits per heavy atom. The summed E-state index contributed by atoms with van der Waals surface area (Å²) >= 11 is 0. The number of anilines is 1. The number of nitrogens with zero attached hydrogens (tertiary/aromatic N) is 3. The number of carbonyl (C=O) groups is 1. The minimum Gasteiger partial charge on any atom is -0.493 e. The van der Waals surface area contributed by atoms with Gasteiger partial charge in [-0.1, -0.05) is 6.92 Å². The number of esters is 1. The van der Waals surface area contributed by atoms with Gasteiger partial charge in [-0.15, -0.1) is 0 Å². The van der Waals surface area contributed by atoms with Crippen LogP contribution in [0.1, 0.15) is 50.3 Å². The molecular weight excluding hydrogens is 332 g/mol. The number of aromatic nitrogens is 2. The summed E-state index contributed by atoms with van der Waals surface area (Å²) in [5, 5.41) is 13.5. The van der Waals surface area contributed by atoms with Gasteiger partial charge < -0.3 is 20.1 Å². The summed E-state index contributed by atoms with van der Waals surface area (Å²) in [4.78, 5) is 23.0. The quantitative estimate of drug-likeness (QED) is 0.775. The molecule has 3 rings (SSSR count). The maximum atomic E-state index is 11.8. The van der Waals surface area contributed by atoms with Crippen LogP contribution in [0.3, 0.4) is 0 Å². The zero-order valence-electron chi connectivity index (χ0n) is 16.0. The van der Waals surface area contributed by atoms with Gasteiger partial charge in [-0.05, 0) is 38.0 Å². The molecule has 1 aliphatic heterocycles. The zero-order valence-corrected chi connectivity index (χ0v) is 16.0. The van der Waals surface area contributed by atoms with E-state index in [0.29, 0.717) is 24.5 Å². The van der Waals surface area contributed by atoms with E-state index in [0.717, 1.165) is 56.3 Å². The van der Waals surface area contributed by atoms with Crippen molar-refractivity contribution in [2.75, 3.05) is 25.6 Å². The van der Waals surface area contributed by atoms with Gasteiger partial charge >= 0.3 is 5.97 Å². The van der Waals surface area contributed by atoms with Crippen LogP contribution in [0.2, 0.25) is 0 Å². The van der Waals surface area contributed by atoms with E-state index in [1.165, 1.54) is 7.11 Å². The predicted molar refractivity (Wildman–Crippen MR) is 99.1 cm³/mol. The molecule has 1 aliphatic carbocycles. The SMILES string of the molecule is CC[C@H](C1CCC(C(=O)OC)CC1)N(C)c1nc(O)c2c(n1)CCNC2. The second kappa shape index (κ2) is 8.20. The van der Waals surface area contributed by atoms with Gasteiger partial charge in [-0.25, -0.2) is 4.98 Å². The van der Waals surface area contributed by atoms with E-state index in [4.69, 9.17) is 9.72 Å². The Morgan fingerprint density at radius 1 is 1.35 bits per heavy atom. The Labute approximate surface area is 155 Å². The minimum absolute atomic E-state index is 0.0376. The molecule has 26 heavy (non-hydrogen) atoms. The van der Waals surface area contributed by atoms with Crippen LogP contribution in [0.15, 0.2) is 0 Å². The molecule has 1 atom stereocenters. The van der Waals surface area contributed by atoms with E-state index < -0.39 is 0 Å². The molecule has 7 nitrogen and oxygen atoms in total. The van der Waals surface area contributed by atoms with Crippen molar-refractivity contribution < 1.29 is 14.6 Å². The number of aromatic hydroxyl groups is 1. The highest BCUT2D eigenvalue weighted by Gasteiger charge is 2.33. The first-order chi connectivity index (χ1) is 12.5. The number of hydrogen-bond acceptors (Lipinski definition) is 7. The molecule has 2 heterocycles. The summed E-state index contributed by atoms with van der Waals surface area (Å²) < 4.78 is 4.89. The molecule has 144 valence electrons. The normalized spacial score (nSPS) is 23.8. The first-order valence-electron chi connectivity index (χ1n) is 9.65. The number of rotatable bonds is 5. The summed E-state index contributed by atoms with van der Waals surface area (Å²) in [5.74, 6) is 1.14. The van der Waals surface area contributed by atoms with Gasteiger partial charge in [0.25, 0.3) is 0 Å². The molecule has 0 radical (unpaired) electrons. The van der Waals surface area contributed by atoms with Crippen molar-refractivity contribution >= 4 is 11.9 Å². The Balaban J connectivity index is 1.72. The highest BCUT2D eigenvalue weighted by Crippen LogP contribution is 2.35. The van der Waals surface area contributed by atoms with Crippen LogP contribution in [-0.2, 0) is 22.5 Å². The molecule has 0 bridgehead atoms. The molecule has 1 fully saturated rings. The summed E-state index contributed by atoms with van der Waals surface area (Å²) in [6.07, 6.45) is 5.56. The van der Waals surface area contributed by atoms with Crippen LogP contribution < -0.4 is 10.2 Å². The van der Waals surface area contributed by atoms with Crippen molar-refractivity contribution in [3.63, 3.8) is 0 Å². The first-order valence-corrected chi connectivity index (χ1v) is 9.65. The van der Waals surface area contributed by atoms with Crippen molar-refractivity contribution in [1.29, 1.82) is 0 Å². The summed E-state index contributed by atoms with van der Waals surface area (Å²) in [6.45, 7) is 3.68. The highest BCUT2D eigenvalue weighted by molar-refractivity contribution is 5.72. The first kappa shape index (κ1) is 18.9. The van der Waals surface area contributed by atoms with Crippen LogP contribution in [0.5, 0.6) is 5.88 Å². The lowest BCUT2D eigenvalue weighted by molar-refractivity contribution is -0.146. The molecule has 0 unspecified atom stereocenters. The molecule has 2 aliphatic rings. The minimum atomic E-state index is -0.0820. The average molecular weight is 362 g/mol. The Bertz CT molecular complexity index is 644. The van der Waals surface area contributed by atoms with Gasteiger partial charge in [-0.2, -0.15) is 4.98 Å². The number of carbonyl (C=O) groups excluding carboxylic acids is 1. The molecule has 1 aromatic heterocycles. The zero-order chi connectivity index (χ0) is 18.7. The van der Waals surface area contributed by atoms with Gasteiger partial charge in [0.05, 0.1) is 18.7 Å². The van der Waals surface area contributed by atoms with Crippen molar-refractivity contribution in [1.82, 2.24) is 15.3 Å². The number of ether oxygens (including phenoxy) is 1. The van der Waals surface area contributed by atoms with E-state index >= 15 is 0 Å². The largest absolute Gasteiger partial charge is 0.493 e. The lowest BCUT2D eigenvalue weighted by Crippen LogP contribution is -2.41. The molecule has 0 saturated heterocycles. The van der Waals surface area contributed by atoms with Gasteiger partial charge in [0.15, 0.2) is 0 Å². The number of methoxy groups -OCH3 is 1. The standard InChI is InChI=1S/C19H30N4O3/c1-4-16(12-5-7-13(8-6-12)18(25)26-3)23(2)19-21-15-9-10-20-11-14(15)17(24)22-19/h12-13,16,20H,4-11H2,1-3H3,(H,21,22,24)/t12?,13?,16-/m1/s1. The fourth-order valence-electron chi connectivity index (χ4n) is 4.45. The number of nitrogens with one attached hydrogen (secondary N) is 1. The topological polar surface area (TPSA) is 87.6 Å². The van der Waals surface area contributed by atoms with E-state index in [9.17, 15) is 9.90 Å². The third-order valence-electron chi connectivity index (χ3n) is 5.98. The summed E-state index contributed by atoms with van der Waals surface area (Å²) in [5.41, 5.74) is 1.77. The maximum absolute atomic E-state index is 11.8. The molecule has 2 N–H and O–H groups in total. The molecule has 0 spiro atoms. The van der Waals surface area contributed by atoms with Gasteiger partial charge in [0, 0.05) is 38.2 Å². The van der Waals surface area contributed by atoms with E-state index in [-0.39, 0.29) is 17.8 Å². The number of hydrogen-bond donors (Lipinski definition) is 2. The lowest BCUT2D eigenvalue weighted by Gasteiger charge is -2.38. The van der Waals surface area contributed by atoms with Gasteiger partial charge in [-0.3, -0.25) is 4.79 Å².